The van der Waals surface area contributed by atoms with E-state index in [4.69, 9.17) is 4.74 Å². The van der Waals surface area contributed by atoms with E-state index in [1.807, 2.05) is 0 Å². The number of aromatic nitrogens is 6. The molecular weight excluding hydrogens is 499 g/mol. The fraction of sp³-hybridized carbons (Fsp3) is 0.154. The Balaban J connectivity index is 1.56. The maximum atomic E-state index is 14.3. The van der Waals surface area contributed by atoms with E-state index in [1.54, 1.807) is 54.9 Å². The Hall–Kier alpha value is -4.87. The molecule has 5 aromatic rings. The Kier molecular flexibility index (Phi) is 5.33. The predicted molar refractivity (Wildman–Crippen MR) is 132 cm³/mol. The van der Waals surface area contributed by atoms with Crippen molar-refractivity contribution in [3.63, 3.8) is 0 Å². The molecule has 1 aromatic carbocycles. The van der Waals surface area contributed by atoms with Gasteiger partial charge in [-0.15, -0.1) is 0 Å². The van der Waals surface area contributed by atoms with Gasteiger partial charge in [0.2, 0.25) is 0 Å². The highest BCUT2D eigenvalue weighted by Gasteiger charge is 2.41. The van der Waals surface area contributed by atoms with Gasteiger partial charge in [0.05, 0.1) is 24.9 Å². The monoisotopic (exact) mass is 519 g/mol. The first-order chi connectivity index (χ1) is 18.3. The van der Waals surface area contributed by atoms with Gasteiger partial charge >= 0.3 is 6.18 Å². The lowest BCUT2D eigenvalue weighted by Crippen LogP contribution is -2.10. The van der Waals surface area contributed by atoms with E-state index >= 15 is 0 Å². The van der Waals surface area contributed by atoms with Gasteiger partial charge in [-0.25, -0.2) is 9.97 Å². The second-order valence-electron chi connectivity index (χ2n) is 8.70. The first kappa shape index (κ1) is 23.5. The van der Waals surface area contributed by atoms with Crippen molar-refractivity contribution in [3.8, 4) is 39.7 Å². The number of pyridine rings is 2. The summed E-state index contributed by atoms with van der Waals surface area (Å²) in [6, 6.07) is 12.0. The number of nitrogens with one attached hydrogen (secondary N) is 1. The van der Waals surface area contributed by atoms with Crippen LogP contribution < -0.4 is 10.1 Å². The molecule has 0 bridgehead atoms. The first-order valence-electron chi connectivity index (χ1n) is 11.5. The zero-order valence-corrected chi connectivity index (χ0v) is 20.2. The van der Waals surface area contributed by atoms with E-state index in [1.165, 1.54) is 24.9 Å². The van der Waals surface area contributed by atoms with Crippen LogP contribution >= 0.6 is 0 Å². The van der Waals surface area contributed by atoms with Gasteiger partial charge in [-0.2, -0.15) is 23.0 Å². The van der Waals surface area contributed by atoms with Crippen molar-refractivity contribution in [1.29, 1.82) is 0 Å². The topological polar surface area (TPSA) is 103 Å². The van der Waals surface area contributed by atoms with E-state index in [9.17, 15) is 18.4 Å². The molecule has 192 valence electrons. The highest BCUT2D eigenvalue weighted by atomic mass is 19.4. The van der Waals surface area contributed by atoms with E-state index in [0.717, 1.165) is 5.56 Å². The molecule has 6 rings (SSSR count). The van der Waals surface area contributed by atoms with E-state index in [-0.39, 0.29) is 35.0 Å². The number of benzene rings is 1. The van der Waals surface area contributed by atoms with Crippen LogP contribution in [-0.2, 0) is 12.7 Å². The third-order valence-corrected chi connectivity index (χ3v) is 6.44. The Morgan fingerprint density at radius 2 is 1.84 bits per heavy atom. The Labute approximate surface area is 214 Å². The molecule has 0 spiro atoms. The van der Waals surface area contributed by atoms with Crippen LogP contribution in [0.1, 0.15) is 17.0 Å². The van der Waals surface area contributed by atoms with Gasteiger partial charge in [0.15, 0.2) is 11.5 Å². The van der Waals surface area contributed by atoms with E-state index < -0.39 is 11.9 Å². The number of nitrogens with zero attached hydrogens (tertiary/aromatic N) is 6. The molecule has 0 radical (unpaired) electrons. The molecule has 2 N–H and O–H groups in total. The Bertz CT molecular complexity index is 1670. The van der Waals surface area contributed by atoms with Crippen LogP contribution in [0.25, 0.3) is 33.9 Å². The molecule has 38 heavy (non-hydrogen) atoms. The number of rotatable bonds is 4. The summed E-state index contributed by atoms with van der Waals surface area (Å²) in [6.45, 7) is 1.60. The van der Waals surface area contributed by atoms with Crippen molar-refractivity contribution in [3.05, 3.63) is 78.0 Å². The van der Waals surface area contributed by atoms with Crippen molar-refractivity contribution >= 4 is 11.5 Å². The number of fused-ring (bicyclic) bond motifs is 5. The number of imidazole rings is 1. The lowest BCUT2D eigenvalue weighted by Gasteiger charge is -2.10. The second kappa shape index (κ2) is 8.61. The molecule has 0 fully saturated rings. The van der Waals surface area contributed by atoms with Crippen LogP contribution in [0.2, 0.25) is 0 Å². The Morgan fingerprint density at radius 1 is 1.05 bits per heavy atom. The fourth-order valence-corrected chi connectivity index (χ4v) is 4.59. The molecule has 12 heteroatoms. The molecular formula is C26H20F3N7O2. The summed E-state index contributed by atoms with van der Waals surface area (Å²) in [5.41, 5.74) is 1.50. The third kappa shape index (κ3) is 3.72. The van der Waals surface area contributed by atoms with Crippen molar-refractivity contribution in [2.75, 3.05) is 12.4 Å². The second-order valence-corrected chi connectivity index (χ2v) is 8.70. The summed E-state index contributed by atoms with van der Waals surface area (Å²) in [5.74, 6) is 0.765. The van der Waals surface area contributed by atoms with Crippen LogP contribution in [0.15, 0.2) is 61.1 Å². The van der Waals surface area contributed by atoms with Crippen molar-refractivity contribution < 1.29 is 23.1 Å². The molecule has 5 heterocycles. The average molecular weight is 519 g/mol. The fourth-order valence-electron chi connectivity index (χ4n) is 4.59. The molecule has 0 saturated carbocycles. The summed E-state index contributed by atoms with van der Waals surface area (Å²) in [7, 11) is 1.53. The average Bonchev–Trinajstić information content (AvgIpc) is 3.36. The normalized spacial score (nSPS) is 12.2. The van der Waals surface area contributed by atoms with Crippen LogP contribution in [0.5, 0.6) is 5.75 Å². The summed E-state index contributed by atoms with van der Waals surface area (Å²) in [4.78, 5) is 13.0. The minimum atomic E-state index is -4.80. The number of hydrogen-bond donors (Lipinski definition) is 2. The minimum Gasteiger partial charge on any atom is -0.497 e. The van der Waals surface area contributed by atoms with E-state index in [2.05, 4.69) is 25.4 Å². The molecule has 1 aliphatic heterocycles. The maximum absolute atomic E-state index is 14.3. The largest absolute Gasteiger partial charge is 0.497 e. The van der Waals surface area contributed by atoms with Crippen LogP contribution in [0.3, 0.4) is 0 Å². The lowest BCUT2D eigenvalue weighted by atomic mass is 10.1. The standard InChI is InChI=1S/C26H20F3N7O2/c1-14-20(23(26(27,28)29)34-35(14)13-15-5-7-16(38-2)8-6-15)25-33-21-18-12-30-11-9-19(18)32-24-17(4-3-10-31-24)22(21)36(25)37/h3-12,37H,13H2,1-2H3,(H,31,32). The molecule has 0 saturated heterocycles. The number of alkyl halides is 3. The molecule has 0 unspecified atom stereocenters. The molecule has 1 aliphatic rings. The Morgan fingerprint density at radius 3 is 2.58 bits per heavy atom. The summed E-state index contributed by atoms with van der Waals surface area (Å²) in [6.07, 6.45) is -0.110. The number of anilines is 2. The molecule has 0 aliphatic carbocycles. The van der Waals surface area contributed by atoms with Gasteiger partial charge in [0.1, 0.15) is 23.0 Å². The minimum absolute atomic E-state index is 0.0776. The van der Waals surface area contributed by atoms with Gasteiger partial charge in [-0.05, 0) is 42.8 Å². The van der Waals surface area contributed by atoms with E-state index in [0.29, 0.717) is 33.1 Å². The molecule has 9 nitrogen and oxygen atoms in total. The number of hydrogen-bond acceptors (Lipinski definition) is 7. The van der Waals surface area contributed by atoms with Crippen molar-refractivity contribution in [1.82, 2.24) is 29.5 Å². The highest BCUT2D eigenvalue weighted by molar-refractivity contribution is 5.95. The SMILES string of the molecule is COc1ccc(Cn2nc(C(F)(F)F)c(-c3nc4c(n3O)-c3cccnc3Nc3ccncc3-4)c2C)cc1. The number of methoxy groups -OCH3 is 1. The third-order valence-electron chi connectivity index (χ3n) is 6.44. The zero-order chi connectivity index (χ0) is 26.6. The number of ether oxygens (including phenoxy) is 1. The van der Waals surface area contributed by atoms with Crippen molar-refractivity contribution in [2.24, 2.45) is 0 Å². The first-order valence-corrected chi connectivity index (χ1v) is 11.5. The lowest BCUT2D eigenvalue weighted by molar-refractivity contribution is -0.141. The molecule has 0 atom stereocenters. The van der Waals surface area contributed by atoms with Gasteiger partial charge in [-0.1, -0.05) is 12.1 Å². The quantitative estimate of drug-likeness (QED) is 0.295. The molecule has 4 aromatic heterocycles. The van der Waals surface area contributed by atoms with Gasteiger partial charge in [-0.3, -0.25) is 9.67 Å². The van der Waals surface area contributed by atoms with Gasteiger partial charge < -0.3 is 15.3 Å². The summed E-state index contributed by atoms with van der Waals surface area (Å²) < 4.78 is 49.9. The van der Waals surface area contributed by atoms with Crippen LogP contribution in [0, 0.1) is 6.92 Å². The van der Waals surface area contributed by atoms with Gasteiger partial charge in [0.25, 0.3) is 0 Å². The maximum Gasteiger partial charge on any atom is 0.435 e. The molecule has 0 amide bonds. The highest BCUT2D eigenvalue weighted by Crippen LogP contribution is 2.46. The van der Waals surface area contributed by atoms with Crippen LogP contribution in [-0.4, -0.2) is 41.8 Å². The summed E-state index contributed by atoms with van der Waals surface area (Å²) in [5, 5.41) is 18.5. The van der Waals surface area contributed by atoms with Gasteiger partial charge in [0, 0.05) is 35.4 Å². The van der Waals surface area contributed by atoms with Crippen molar-refractivity contribution in [2.45, 2.75) is 19.6 Å². The predicted octanol–water partition coefficient (Wildman–Crippen LogP) is 5.55. The number of halogens is 3. The zero-order valence-electron chi connectivity index (χ0n) is 20.2. The summed E-state index contributed by atoms with van der Waals surface area (Å²) >= 11 is 0. The smallest absolute Gasteiger partial charge is 0.435 e. The van der Waals surface area contributed by atoms with Crippen LogP contribution in [0.4, 0.5) is 24.7 Å².